The Labute approximate surface area is 208 Å². The van der Waals surface area contributed by atoms with Crippen molar-refractivity contribution in [2.45, 2.75) is 33.4 Å². The number of hydrogen-bond donors (Lipinski definition) is 0. The van der Waals surface area contributed by atoms with Gasteiger partial charge in [-0.1, -0.05) is 30.0 Å². The average molecular weight is 512 g/mol. The smallest absolute Gasteiger partial charge is 0.245 e. The van der Waals surface area contributed by atoms with E-state index in [4.69, 9.17) is 14.1 Å². The molecule has 0 unspecified atom stereocenters. The third kappa shape index (κ3) is 4.73. The number of aromatic nitrogens is 2. The summed E-state index contributed by atoms with van der Waals surface area (Å²) in [5.41, 5.74) is 1.87. The van der Waals surface area contributed by atoms with Crippen molar-refractivity contribution in [1.29, 1.82) is 0 Å². The maximum atomic E-state index is 13.6. The molecule has 182 valence electrons. The van der Waals surface area contributed by atoms with Gasteiger partial charge in [0.05, 0.1) is 14.2 Å². The quantitative estimate of drug-likeness (QED) is 0.344. The van der Waals surface area contributed by atoms with Crippen molar-refractivity contribution in [1.82, 2.24) is 14.6 Å². The Hall–Kier alpha value is -3.08. The number of nitrogens with zero attached hydrogens (tertiary/aromatic N) is 3. The second-order valence-corrected chi connectivity index (χ2v) is 11.3. The van der Waals surface area contributed by atoms with Crippen molar-refractivity contribution in [2.24, 2.45) is 0 Å². The van der Waals surface area contributed by atoms with Gasteiger partial charge in [-0.2, -0.15) is 4.31 Å². The molecule has 3 aromatic carbocycles. The van der Waals surface area contributed by atoms with E-state index >= 15 is 0 Å². The van der Waals surface area contributed by atoms with E-state index in [9.17, 15) is 8.42 Å². The van der Waals surface area contributed by atoms with E-state index in [1.54, 1.807) is 26.4 Å². The van der Waals surface area contributed by atoms with Gasteiger partial charge in [0.25, 0.3) is 0 Å². The molecule has 5 rings (SSSR count). The fourth-order valence-corrected chi connectivity index (χ4v) is 6.88. The summed E-state index contributed by atoms with van der Waals surface area (Å²) < 4.78 is 44.1. The Bertz CT molecular complexity index is 1430. The molecular formula is C25H25N3O5S2. The summed E-state index contributed by atoms with van der Waals surface area (Å²) in [4.78, 5) is 1.81. The third-order valence-electron chi connectivity index (χ3n) is 6.27. The zero-order valence-corrected chi connectivity index (χ0v) is 21.0. The van der Waals surface area contributed by atoms with Crippen LogP contribution in [0.2, 0.25) is 0 Å². The molecule has 1 saturated heterocycles. The molecule has 0 N–H and O–H groups in total. The molecule has 0 saturated carbocycles. The van der Waals surface area contributed by atoms with Crippen molar-refractivity contribution < 1.29 is 22.5 Å². The Morgan fingerprint density at radius 2 is 1.63 bits per heavy atom. The van der Waals surface area contributed by atoms with Gasteiger partial charge in [-0.25, -0.2) is 13.0 Å². The number of benzene rings is 3. The molecule has 0 bridgehead atoms. The molecule has 1 aliphatic heterocycles. The van der Waals surface area contributed by atoms with E-state index in [1.807, 2.05) is 36.4 Å². The zero-order valence-electron chi connectivity index (χ0n) is 19.4. The molecule has 0 amide bonds. The van der Waals surface area contributed by atoms with Gasteiger partial charge in [0.15, 0.2) is 11.0 Å². The first-order chi connectivity index (χ1) is 17.0. The summed E-state index contributed by atoms with van der Waals surface area (Å²) in [6.45, 7) is 0.873. The standard InChI is InChI=1S/C25H25N3O5S2/c1-31-19-8-6-17(7-9-19)18-12-14-28(15-13-18)35(29,30)23-11-10-22(24-25(23)27-33-26-24)34-21-5-3-4-20(16-21)32-2/h3-11,16,18H,12-15H2,1-2H3. The maximum absolute atomic E-state index is 13.6. The van der Waals surface area contributed by atoms with Crippen molar-refractivity contribution in [3.8, 4) is 11.5 Å². The normalized spacial score (nSPS) is 15.4. The molecule has 0 spiro atoms. The van der Waals surface area contributed by atoms with E-state index in [0.717, 1.165) is 34.1 Å². The molecule has 0 radical (unpaired) electrons. The van der Waals surface area contributed by atoms with Gasteiger partial charge in [0.1, 0.15) is 16.4 Å². The summed E-state index contributed by atoms with van der Waals surface area (Å²) in [6.07, 6.45) is 1.49. The minimum atomic E-state index is -3.75. The Balaban J connectivity index is 1.36. The first-order valence-corrected chi connectivity index (χ1v) is 13.5. The SMILES string of the molecule is COc1ccc(C2CCN(S(=O)(=O)c3ccc(Sc4cccc(OC)c4)c4nonc34)CC2)cc1. The number of ether oxygens (including phenoxy) is 2. The highest BCUT2D eigenvalue weighted by Crippen LogP contribution is 2.38. The monoisotopic (exact) mass is 511 g/mol. The summed E-state index contributed by atoms with van der Waals surface area (Å²) in [5.74, 6) is 1.86. The Kier molecular flexibility index (Phi) is 6.68. The molecule has 10 heteroatoms. The predicted molar refractivity (Wildman–Crippen MR) is 133 cm³/mol. The second kappa shape index (κ2) is 9.88. The van der Waals surface area contributed by atoms with E-state index in [1.165, 1.54) is 21.6 Å². The molecule has 2 heterocycles. The van der Waals surface area contributed by atoms with Crippen LogP contribution in [-0.4, -0.2) is 50.3 Å². The van der Waals surface area contributed by atoms with Crippen LogP contribution in [0.1, 0.15) is 24.3 Å². The molecule has 1 aliphatic rings. The van der Waals surface area contributed by atoms with Crippen LogP contribution in [0.5, 0.6) is 11.5 Å². The van der Waals surface area contributed by atoms with Gasteiger partial charge < -0.3 is 9.47 Å². The number of fused-ring (bicyclic) bond motifs is 1. The Morgan fingerprint density at radius 1 is 0.914 bits per heavy atom. The van der Waals surface area contributed by atoms with Crippen LogP contribution in [0.3, 0.4) is 0 Å². The van der Waals surface area contributed by atoms with Crippen LogP contribution in [0.15, 0.2) is 80.0 Å². The summed E-state index contributed by atoms with van der Waals surface area (Å²) in [7, 11) is -0.497. The first-order valence-electron chi connectivity index (χ1n) is 11.2. The second-order valence-electron chi connectivity index (χ2n) is 8.26. The van der Waals surface area contributed by atoms with Crippen molar-refractivity contribution in [3.05, 3.63) is 66.2 Å². The molecule has 0 aliphatic carbocycles. The van der Waals surface area contributed by atoms with Crippen LogP contribution in [0.4, 0.5) is 0 Å². The van der Waals surface area contributed by atoms with E-state index < -0.39 is 10.0 Å². The minimum Gasteiger partial charge on any atom is -0.497 e. The molecule has 35 heavy (non-hydrogen) atoms. The van der Waals surface area contributed by atoms with Crippen LogP contribution < -0.4 is 9.47 Å². The number of hydrogen-bond acceptors (Lipinski definition) is 8. The molecule has 0 atom stereocenters. The lowest BCUT2D eigenvalue weighted by atomic mass is 9.90. The van der Waals surface area contributed by atoms with Gasteiger partial charge in [0.2, 0.25) is 10.0 Å². The number of methoxy groups -OCH3 is 2. The largest absolute Gasteiger partial charge is 0.497 e. The predicted octanol–water partition coefficient (Wildman–Crippen LogP) is 4.96. The van der Waals surface area contributed by atoms with Crippen LogP contribution in [-0.2, 0) is 10.0 Å². The van der Waals surface area contributed by atoms with Crippen LogP contribution in [0.25, 0.3) is 11.0 Å². The zero-order chi connectivity index (χ0) is 24.4. The van der Waals surface area contributed by atoms with Gasteiger partial charge in [-0.15, -0.1) is 0 Å². The van der Waals surface area contributed by atoms with Crippen LogP contribution >= 0.6 is 11.8 Å². The number of rotatable bonds is 7. The number of sulfonamides is 1. The minimum absolute atomic E-state index is 0.117. The van der Waals surface area contributed by atoms with Crippen molar-refractivity contribution in [2.75, 3.05) is 27.3 Å². The van der Waals surface area contributed by atoms with Gasteiger partial charge in [0, 0.05) is 22.9 Å². The van der Waals surface area contributed by atoms with Crippen molar-refractivity contribution >= 4 is 32.8 Å². The Morgan fingerprint density at radius 3 is 2.34 bits per heavy atom. The maximum Gasteiger partial charge on any atom is 0.245 e. The highest BCUT2D eigenvalue weighted by atomic mass is 32.2. The molecule has 1 aromatic heterocycles. The fourth-order valence-electron chi connectivity index (χ4n) is 4.35. The van der Waals surface area contributed by atoms with E-state index in [2.05, 4.69) is 22.4 Å². The topological polar surface area (TPSA) is 94.8 Å². The lowest BCUT2D eigenvalue weighted by Gasteiger charge is -2.31. The van der Waals surface area contributed by atoms with Crippen molar-refractivity contribution in [3.63, 3.8) is 0 Å². The summed E-state index contributed by atoms with van der Waals surface area (Å²) in [5, 5.41) is 7.96. The molecule has 8 nitrogen and oxygen atoms in total. The van der Waals surface area contributed by atoms with Gasteiger partial charge >= 0.3 is 0 Å². The van der Waals surface area contributed by atoms with Crippen LogP contribution in [0, 0.1) is 0 Å². The number of piperidine rings is 1. The highest BCUT2D eigenvalue weighted by molar-refractivity contribution is 7.99. The molecule has 1 fully saturated rings. The lowest BCUT2D eigenvalue weighted by Crippen LogP contribution is -2.38. The van der Waals surface area contributed by atoms with E-state index in [-0.39, 0.29) is 10.4 Å². The average Bonchev–Trinajstić information content (AvgIpc) is 3.39. The lowest BCUT2D eigenvalue weighted by molar-refractivity contribution is 0.313. The fraction of sp³-hybridized carbons (Fsp3) is 0.280. The molecular weight excluding hydrogens is 486 g/mol. The summed E-state index contributed by atoms with van der Waals surface area (Å²) >= 11 is 1.45. The highest BCUT2D eigenvalue weighted by Gasteiger charge is 2.32. The third-order valence-corrected chi connectivity index (χ3v) is 9.24. The van der Waals surface area contributed by atoms with E-state index in [0.29, 0.717) is 24.5 Å². The first kappa shape index (κ1) is 23.7. The molecule has 4 aromatic rings. The summed E-state index contributed by atoms with van der Waals surface area (Å²) in [6, 6.07) is 19.0. The van der Waals surface area contributed by atoms with Gasteiger partial charge in [-0.3, -0.25) is 0 Å². The van der Waals surface area contributed by atoms with Gasteiger partial charge in [-0.05, 0) is 77.1 Å².